The highest BCUT2D eigenvalue weighted by molar-refractivity contribution is 6.05. The summed E-state index contributed by atoms with van der Waals surface area (Å²) in [5.74, 6) is -1.27. The van der Waals surface area contributed by atoms with Gasteiger partial charge in [0, 0.05) is 18.3 Å². The van der Waals surface area contributed by atoms with Gasteiger partial charge in [-0.05, 0) is 24.3 Å². The van der Waals surface area contributed by atoms with Crippen molar-refractivity contribution in [1.29, 1.82) is 5.26 Å². The number of benzene rings is 1. The largest absolute Gasteiger partial charge is 0.619 e. The van der Waals surface area contributed by atoms with Crippen molar-refractivity contribution in [3.8, 4) is 23.4 Å². The minimum atomic E-state index is -4.75. The molecule has 31 heavy (non-hydrogen) atoms. The molecule has 0 saturated carbocycles. The van der Waals surface area contributed by atoms with Gasteiger partial charge in [-0.1, -0.05) is 0 Å². The summed E-state index contributed by atoms with van der Waals surface area (Å²) < 4.78 is 50.6. The summed E-state index contributed by atoms with van der Waals surface area (Å²) >= 11 is 0. The lowest BCUT2D eigenvalue weighted by Gasteiger charge is -2.15. The van der Waals surface area contributed by atoms with Crippen LogP contribution in [0.25, 0.3) is 0 Å². The van der Waals surface area contributed by atoms with Crippen molar-refractivity contribution < 1.29 is 32.2 Å². The van der Waals surface area contributed by atoms with Crippen LogP contribution >= 0.6 is 0 Å². The number of aromatic nitrogens is 2. The zero-order chi connectivity index (χ0) is 22.6. The van der Waals surface area contributed by atoms with E-state index >= 15 is 0 Å². The third-order valence-electron chi connectivity index (χ3n) is 3.96. The van der Waals surface area contributed by atoms with Crippen LogP contribution in [0.4, 0.5) is 18.9 Å². The van der Waals surface area contributed by atoms with Gasteiger partial charge < -0.3 is 20.0 Å². The highest BCUT2D eigenvalue weighted by Crippen LogP contribution is 2.36. The summed E-state index contributed by atoms with van der Waals surface area (Å²) in [5.41, 5.74) is -1.37. The van der Waals surface area contributed by atoms with E-state index in [-0.39, 0.29) is 22.7 Å². The topological polar surface area (TPSA) is 111 Å². The number of anilines is 1. The zero-order valence-corrected chi connectivity index (χ0v) is 15.8. The summed E-state index contributed by atoms with van der Waals surface area (Å²) in [6.07, 6.45) is -2.02. The van der Waals surface area contributed by atoms with Gasteiger partial charge in [0.2, 0.25) is 12.1 Å². The molecule has 0 atom stereocenters. The van der Waals surface area contributed by atoms with Gasteiger partial charge in [0.15, 0.2) is 17.7 Å². The quantitative estimate of drug-likeness (QED) is 0.489. The molecule has 0 aliphatic heterocycles. The van der Waals surface area contributed by atoms with E-state index in [9.17, 15) is 23.2 Å². The van der Waals surface area contributed by atoms with Crippen LogP contribution in [-0.2, 0) is 6.18 Å². The molecule has 11 heteroatoms. The van der Waals surface area contributed by atoms with Crippen molar-refractivity contribution in [1.82, 2.24) is 4.98 Å². The molecular formula is C20H13F3N4O4. The van der Waals surface area contributed by atoms with E-state index in [1.807, 2.05) is 6.07 Å². The molecule has 1 amide bonds. The Morgan fingerprint density at radius 2 is 2.03 bits per heavy atom. The molecule has 0 fully saturated rings. The first-order chi connectivity index (χ1) is 14.7. The number of nitriles is 1. The predicted octanol–water partition coefficient (Wildman–Crippen LogP) is 3.66. The first kappa shape index (κ1) is 21.4. The number of hydrogen-bond acceptors (Lipinski definition) is 6. The maximum atomic E-state index is 13.2. The van der Waals surface area contributed by atoms with Crippen molar-refractivity contribution in [3.05, 3.63) is 76.9 Å². The van der Waals surface area contributed by atoms with Crippen LogP contribution in [0, 0.1) is 16.5 Å². The van der Waals surface area contributed by atoms with Crippen molar-refractivity contribution >= 4 is 11.6 Å². The Morgan fingerprint density at radius 1 is 1.26 bits per heavy atom. The fourth-order valence-corrected chi connectivity index (χ4v) is 2.50. The molecule has 1 aromatic carbocycles. The highest BCUT2D eigenvalue weighted by atomic mass is 19.4. The molecule has 0 aliphatic carbocycles. The van der Waals surface area contributed by atoms with Gasteiger partial charge in [-0.3, -0.25) is 4.79 Å². The summed E-state index contributed by atoms with van der Waals surface area (Å²) in [6, 6.07) is 9.35. The average molecular weight is 430 g/mol. The van der Waals surface area contributed by atoms with E-state index in [1.54, 1.807) is 0 Å². The Bertz CT molecular complexity index is 1180. The van der Waals surface area contributed by atoms with Crippen molar-refractivity contribution in [3.63, 3.8) is 0 Å². The van der Waals surface area contributed by atoms with Crippen LogP contribution in [-0.4, -0.2) is 18.0 Å². The number of carbonyl (C=O) groups is 1. The number of nitrogens with zero attached hydrogens (tertiary/aromatic N) is 3. The van der Waals surface area contributed by atoms with Gasteiger partial charge >= 0.3 is 6.18 Å². The summed E-state index contributed by atoms with van der Waals surface area (Å²) in [7, 11) is 1.31. The lowest BCUT2D eigenvalue weighted by atomic mass is 10.1. The Kier molecular flexibility index (Phi) is 5.92. The predicted molar refractivity (Wildman–Crippen MR) is 100 cm³/mol. The molecular weight excluding hydrogens is 417 g/mol. The maximum Gasteiger partial charge on any atom is 0.417 e. The molecule has 3 aromatic rings. The molecule has 0 saturated heterocycles. The highest BCUT2D eigenvalue weighted by Gasteiger charge is 2.33. The van der Waals surface area contributed by atoms with Gasteiger partial charge in [0.1, 0.15) is 11.3 Å². The Hall–Kier alpha value is -4.33. The molecule has 0 radical (unpaired) electrons. The molecule has 0 aliphatic rings. The van der Waals surface area contributed by atoms with E-state index in [2.05, 4.69) is 10.3 Å². The van der Waals surface area contributed by atoms with Crippen molar-refractivity contribution in [2.75, 3.05) is 12.4 Å². The number of amides is 1. The smallest absolute Gasteiger partial charge is 0.417 e. The average Bonchev–Trinajstić information content (AvgIpc) is 2.73. The first-order valence-corrected chi connectivity index (χ1v) is 8.54. The second kappa shape index (κ2) is 8.58. The molecule has 0 bridgehead atoms. The molecule has 0 spiro atoms. The molecule has 1 N–H and O–H groups in total. The molecule has 0 unspecified atom stereocenters. The van der Waals surface area contributed by atoms with Crippen LogP contribution in [0.2, 0.25) is 0 Å². The second-order valence-electron chi connectivity index (χ2n) is 6.06. The molecule has 3 rings (SSSR count). The molecule has 2 aromatic heterocycles. The minimum Gasteiger partial charge on any atom is -0.619 e. The normalized spacial score (nSPS) is 10.8. The third kappa shape index (κ3) is 4.99. The van der Waals surface area contributed by atoms with Crippen LogP contribution in [0.1, 0.15) is 21.5 Å². The van der Waals surface area contributed by atoms with E-state index in [0.717, 1.165) is 6.20 Å². The molecule has 8 nitrogen and oxygen atoms in total. The van der Waals surface area contributed by atoms with Gasteiger partial charge in [0.05, 0.1) is 24.3 Å². The second-order valence-corrected chi connectivity index (χ2v) is 6.06. The Labute approximate surface area is 173 Å². The van der Waals surface area contributed by atoms with Gasteiger partial charge in [-0.2, -0.15) is 23.2 Å². The van der Waals surface area contributed by atoms with Crippen LogP contribution < -0.4 is 19.5 Å². The van der Waals surface area contributed by atoms with E-state index in [0.29, 0.717) is 17.0 Å². The molecule has 158 valence electrons. The standard InChI is InChI=1S/C20H13F3N4O4/c1-30-17-7-12(9-24)4-5-16(17)31-19-15(8-13(10-25-19)20(21,22)23)18(28)26-14-3-2-6-27(29)11-14/h2-8,10-11H,1H3,(H,26,28). The van der Waals surface area contributed by atoms with Crippen LogP contribution in [0.5, 0.6) is 17.4 Å². The van der Waals surface area contributed by atoms with Gasteiger partial charge in [-0.25, -0.2) is 4.98 Å². The number of nitrogens with one attached hydrogen (secondary N) is 1. The number of ether oxygens (including phenoxy) is 2. The fourth-order valence-electron chi connectivity index (χ4n) is 2.50. The van der Waals surface area contributed by atoms with Crippen LogP contribution in [0.3, 0.4) is 0 Å². The zero-order valence-electron chi connectivity index (χ0n) is 15.8. The Morgan fingerprint density at radius 3 is 2.68 bits per heavy atom. The Balaban J connectivity index is 2.02. The number of hydrogen-bond donors (Lipinski definition) is 1. The lowest BCUT2D eigenvalue weighted by Crippen LogP contribution is -2.25. The number of alkyl halides is 3. The number of pyridine rings is 2. The molecule has 2 heterocycles. The maximum absolute atomic E-state index is 13.2. The summed E-state index contributed by atoms with van der Waals surface area (Å²) in [5, 5.41) is 22.7. The van der Waals surface area contributed by atoms with Gasteiger partial charge in [-0.15, -0.1) is 0 Å². The number of halogens is 3. The third-order valence-corrected chi connectivity index (χ3v) is 3.96. The number of rotatable bonds is 5. The van der Waals surface area contributed by atoms with E-state index in [4.69, 9.17) is 14.7 Å². The first-order valence-electron chi connectivity index (χ1n) is 8.54. The van der Waals surface area contributed by atoms with E-state index in [1.165, 1.54) is 43.6 Å². The van der Waals surface area contributed by atoms with Crippen LogP contribution in [0.15, 0.2) is 55.0 Å². The summed E-state index contributed by atoms with van der Waals surface area (Å²) in [6.45, 7) is 0. The SMILES string of the molecule is COc1cc(C#N)ccc1Oc1ncc(C(F)(F)F)cc1C(=O)Nc1ccc[n+]([O-])c1. The van der Waals surface area contributed by atoms with E-state index < -0.39 is 29.1 Å². The van der Waals surface area contributed by atoms with Crippen molar-refractivity contribution in [2.45, 2.75) is 6.18 Å². The van der Waals surface area contributed by atoms with Gasteiger partial charge in [0.25, 0.3) is 5.91 Å². The fraction of sp³-hybridized carbons (Fsp3) is 0.100. The number of methoxy groups -OCH3 is 1. The lowest BCUT2D eigenvalue weighted by molar-refractivity contribution is -0.604. The number of carbonyl (C=O) groups excluding carboxylic acids is 1. The summed E-state index contributed by atoms with van der Waals surface area (Å²) in [4.78, 5) is 16.3. The minimum absolute atomic E-state index is 0.0277. The monoisotopic (exact) mass is 430 g/mol. The van der Waals surface area contributed by atoms with Crippen molar-refractivity contribution in [2.24, 2.45) is 0 Å².